The largest absolute Gasteiger partial charge is 0.494 e. The fourth-order valence-corrected chi connectivity index (χ4v) is 3.31. The van der Waals surface area contributed by atoms with Crippen LogP contribution in [0, 0.1) is 0 Å². The van der Waals surface area contributed by atoms with Crippen LogP contribution in [0.25, 0.3) is 10.2 Å². The predicted octanol–water partition coefficient (Wildman–Crippen LogP) is 4.45. The van der Waals surface area contributed by atoms with Gasteiger partial charge >= 0.3 is 0 Å². The van der Waals surface area contributed by atoms with E-state index in [1.54, 1.807) is 7.11 Å². The number of methoxy groups -OCH3 is 1. The maximum absolute atomic E-state index is 12.1. The summed E-state index contributed by atoms with van der Waals surface area (Å²) in [5.74, 6) is 1.55. The molecule has 0 aliphatic heterocycles. The Kier molecular flexibility index (Phi) is 5.19. The molecule has 130 valence electrons. The molecule has 0 radical (unpaired) electrons. The number of rotatable bonds is 6. The lowest BCUT2D eigenvalue weighted by molar-refractivity contribution is -0.118. The van der Waals surface area contributed by atoms with Crippen molar-refractivity contribution in [2.75, 3.05) is 19.0 Å². The van der Waals surface area contributed by atoms with E-state index in [0.717, 1.165) is 10.2 Å². The Hall–Kier alpha value is -2.60. The van der Waals surface area contributed by atoms with Crippen molar-refractivity contribution < 1.29 is 14.3 Å². The number of thiazole rings is 1. The number of amides is 1. The molecule has 2 aromatic carbocycles. The van der Waals surface area contributed by atoms with Crippen LogP contribution in [-0.4, -0.2) is 24.6 Å². The number of hydrogen-bond donors (Lipinski definition) is 1. The smallest absolute Gasteiger partial charge is 0.264 e. The summed E-state index contributed by atoms with van der Waals surface area (Å²) in [5.41, 5.74) is 1.92. The Morgan fingerprint density at radius 1 is 1.24 bits per heavy atom. The van der Waals surface area contributed by atoms with Gasteiger partial charge in [-0.25, -0.2) is 4.98 Å². The Morgan fingerprint density at radius 2 is 2.04 bits per heavy atom. The highest BCUT2D eigenvalue weighted by atomic mass is 32.1. The van der Waals surface area contributed by atoms with Crippen LogP contribution in [0.3, 0.4) is 0 Å². The maximum atomic E-state index is 12.1. The molecule has 0 aliphatic carbocycles. The molecule has 0 aliphatic rings. The van der Waals surface area contributed by atoms with Crippen LogP contribution in [0.4, 0.5) is 5.13 Å². The monoisotopic (exact) mass is 356 g/mol. The summed E-state index contributed by atoms with van der Waals surface area (Å²) in [6, 6.07) is 13.5. The number of hydrogen-bond acceptors (Lipinski definition) is 5. The van der Waals surface area contributed by atoms with Crippen molar-refractivity contribution in [3.63, 3.8) is 0 Å². The van der Waals surface area contributed by atoms with Crippen molar-refractivity contribution >= 4 is 32.6 Å². The molecule has 0 atom stereocenters. The highest BCUT2D eigenvalue weighted by molar-refractivity contribution is 7.22. The van der Waals surface area contributed by atoms with Gasteiger partial charge in [0.15, 0.2) is 11.7 Å². The van der Waals surface area contributed by atoms with Gasteiger partial charge in [0.1, 0.15) is 17.0 Å². The van der Waals surface area contributed by atoms with E-state index in [1.807, 2.05) is 42.5 Å². The number of ether oxygens (including phenoxy) is 2. The zero-order valence-corrected chi connectivity index (χ0v) is 15.2. The molecule has 0 unspecified atom stereocenters. The summed E-state index contributed by atoms with van der Waals surface area (Å²) in [6.07, 6.45) is 0. The molecule has 1 aromatic heterocycles. The molecule has 6 heteroatoms. The third kappa shape index (κ3) is 4.09. The van der Waals surface area contributed by atoms with Crippen molar-refractivity contribution in [2.45, 2.75) is 19.8 Å². The predicted molar refractivity (Wildman–Crippen MR) is 101 cm³/mol. The second-order valence-corrected chi connectivity index (χ2v) is 6.92. The SMILES string of the molecule is COc1cccc2sc(NC(=O)COc3cccc(C(C)C)c3)nc12. The van der Waals surface area contributed by atoms with Gasteiger partial charge in [0.05, 0.1) is 11.8 Å². The van der Waals surface area contributed by atoms with E-state index in [-0.39, 0.29) is 12.5 Å². The average molecular weight is 356 g/mol. The number of aromatic nitrogens is 1. The van der Waals surface area contributed by atoms with Gasteiger partial charge in [-0.2, -0.15) is 0 Å². The van der Waals surface area contributed by atoms with E-state index in [9.17, 15) is 4.79 Å². The first-order chi connectivity index (χ1) is 12.1. The molecule has 5 nitrogen and oxygen atoms in total. The molecular formula is C19H20N2O3S. The number of carbonyl (C=O) groups is 1. The highest BCUT2D eigenvalue weighted by Gasteiger charge is 2.11. The van der Waals surface area contributed by atoms with Crippen LogP contribution >= 0.6 is 11.3 Å². The van der Waals surface area contributed by atoms with Crippen LogP contribution in [0.5, 0.6) is 11.5 Å². The van der Waals surface area contributed by atoms with E-state index in [2.05, 4.69) is 24.1 Å². The minimum atomic E-state index is -0.243. The number of para-hydroxylation sites is 1. The molecule has 25 heavy (non-hydrogen) atoms. The lowest BCUT2D eigenvalue weighted by atomic mass is 10.0. The van der Waals surface area contributed by atoms with Crippen LogP contribution in [-0.2, 0) is 4.79 Å². The van der Waals surface area contributed by atoms with Gasteiger partial charge in [0, 0.05) is 0 Å². The molecule has 1 N–H and O–H groups in total. The summed E-state index contributed by atoms with van der Waals surface area (Å²) in [6.45, 7) is 4.18. The highest BCUT2D eigenvalue weighted by Crippen LogP contribution is 2.32. The maximum Gasteiger partial charge on any atom is 0.264 e. The van der Waals surface area contributed by atoms with Crippen molar-refractivity contribution in [3.05, 3.63) is 48.0 Å². The van der Waals surface area contributed by atoms with Crippen LogP contribution in [0.2, 0.25) is 0 Å². The minimum Gasteiger partial charge on any atom is -0.494 e. The van der Waals surface area contributed by atoms with Crippen molar-refractivity contribution in [2.24, 2.45) is 0 Å². The average Bonchev–Trinajstić information content (AvgIpc) is 3.02. The van der Waals surface area contributed by atoms with Gasteiger partial charge in [-0.3, -0.25) is 10.1 Å². The van der Waals surface area contributed by atoms with E-state index in [1.165, 1.54) is 16.9 Å². The summed E-state index contributed by atoms with van der Waals surface area (Å²) in [4.78, 5) is 16.6. The first-order valence-electron chi connectivity index (χ1n) is 8.03. The number of nitrogens with one attached hydrogen (secondary N) is 1. The molecule has 3 rings (SSSR count). The first kappa shape index (κ1) is 17.2. The fraction of sp³-hybridized carbons (Fsp3) is 0.263. The van der Waals surface area contributed by atoms with Gasteiger partial charge in [-0.15, -0.1) is 0 Å². The number of fused-ring (bicyclic) bond motifs is 1. The second kappa shape index (κ2) is 7.53. The third-order valence-corrected chi connectivity index (χ3v) is 4.68. The molecule has 0 saturated carbocycles. The molecule has 1 heterocycles. The first-order valence-corrected chi connectivity index (χ1v) is 8.84. The van der Waals surface area contributed by atoms with Crippen LogP contribution < -0.4 is 14.8 Å². The standard InChI is InChI=1S/C19H20N2O3S/c1-12(2)13-6-4-7-14(10-13)24-11-17(22)20-19-21-18-15(23-3)8-5-9-16(18)25-19/h4-10,12H,11H2,1-3H3,(H,20,21,22). The topological polar surface area (TPSA) is 60.5 Å². The lowest BCUT2D eigenvalue weighted by Crippen LogP contribution is -2.20. The van der Waals surface area contributed by atoms with E-state index >= 15 is 0 Å². The van der Waals surface area contributed by atoms with Gasteiger partial charge in [0.2, 0.25) is 0 Å². The molecule has 1 amide bonds. The molecule has 0 bridgehead atoms. The summed E-state index contributed by atoms with van der Waals surface area (Å²) < 4.78 is 11.8. The quantitative estimate of drug-likeness (QED) is 0.709. The van der Waals surface area contributed by atoms with Crippen LogP contribution in [0.1, 0.15) is 25.3 Å². The van der Waals surface area contributed by atoms with Crippen LogP contribution in [0.15, 0.2) is 42.5 Å². The summed E-state index contributed by atoms with van der Waals surface area (Å²) in [7, 11) is 1.60. The summed E-state index contributed by atoms with van der Waals surface area (Å²) >= 11 is 1.40. The zero-order chi connectivity index (χ0) is 17.8. The molecule has 0 spiro atoms. The van der Waals surface area contributed by atoms with Gasteiger partial charge < -0.3 is 9.47 Å². The van der Waals surface area contributed by atoms with E-state index in [4.69, 9.17) is 9.47 Å². The zero-order valence-electron chi connectivity index (χ0n) is 14.4. The van der Waals surface area contributed by atoms with Gasteiger partial charge in [-0.1, -0.05) is 43.4 Å². The fourth-order valence-electron chi connectivity index (χ4n) is 2.41. The molecule has 0 saturated heterocycles. The number of carbonyl (C=O) groups excluding carboxylic acids is 1. The van der Waals surface area contributed by atoms with E-state index < -0.39 is 0 Å². The minimum absolute atomic E-state index is 0.0609. The Morgan fingerprint density at radius 3 is 2.80 bits per heavy atom. The summed E-state index contributed by atoms with van der Waals surface area (Å²) in [5, 5.41) is 3.31. The normalized spacial score (nSPS) is 10.9. The molecule has 3 aromatic rings. The number of anilines is 1. The number of benzene rings is 2. The Balaban J connectivity index is 1.64. The van der Waals surface area contributed by atoms with Gasteiger partial charge in [0.25, 0.3) is 5.91 Å². The van der Waals surface area contributed by atoms with Crippen molar-refractivity contribution in [1.82, 2.24) is 4.98 Å². The van der Waals surface area contributed by atoms with Crippen molar-refractivity contribution in [3.8, 4) is 11.5 Å². The molecular weight excluding hydrogens is 336 g/mol. The second-order valence-electron chi connectivity index (χ2n) is 5.89. The molecule has 0 fully saturated rings. The van der Waals surface area contributed by atoms with Gasteiger partial charge in [-0.05, 0) is 35.7 Å². The van der Waals surface area contributed by atoms with Crippen molar-refractivity contribution in [1.29, 1.82) is 0 Å². The van der Waals surface area contributed by atoms with E-state index in [0.29, 0.717) is 22.5 Å². The lowest BCUT2D eigenvalue weighted by Gasteiger charge is -2.09. The third-order valence-electron chi connectivity index (χ3n) is 3.74. The Bertz CT molecular complexity index is 889. The number of nitrogens with zero attached hydrogens (tertiary/aromatic N) is 1. The Labute approximate surface area is 150 Å².